The van der Waals surface area contributed by atoms with E-state index in [1.807, 2.05) is 0 Å². The Morgan fingerprint density at radius 1 is 1.38 bits per heavy atom. The number of carbonyl (C=O) groups is 1. The van der Waals surface area contributed by atoms with E-state index in [1.54, 1.807) is 0 Å². The summed E-state index contributed by atoms with van der Waals surface area (Å²) in [6.45, 7) is 4.20. The largest absolute Gasteiger partial charge is 0.479 e. The fourth-order valence-corrected chi connectivity index (χ4v) is 2.25. The summed E-state index contributed by atoms with van der Waals surface area (Å²) in [5, 5.41) is 9.10. The molecule has 1 fully saturated rings. The smallest absolute Gasteiger partial charge is 0.335 e. The summed E-state index contributed by atoms with van der Waals surface area (Å²) in [4.78, 5) is 11.1. The van der Waals surface area contributed by atoms with Crippen LogP contribution in [0.5, 0.6) is 0 Å². The van der Waals surface area contributed by atoms with E-state index in [9.17, 15) is 4.79 Å². The average molecular weight is 186 g/mol. The third kappa shape index (κ3) is 2.02. The van der Waals surface area contributed by atoms with E-state index < -0.39 is 11.6 Å². The predicted octanol–water partition coefficient (Wildman–Crippen LogP) is 2.06. The molecule has 0 amide bonds. The zero-order valence-corrected chi connectivity index (χ0v) is 8.59. The number of rotatable bonds is 2. The molecule has 1 aliphatic rings. The van der Waals surface area contributed by atoms with Crippen LogP contribution in [-0.2, 0) is 9.53 Å². The van der Waals surface area contributed by atoms with Gasteiger partial charge in [-0.25, -0.2) is 4.79 Å². The molecule has 0 aromatic heterocycles. The van der Waals surface area contributed by atoms with Crippen molar-refractivity contribution in [3.63, 3.8) is 0 Å². The minimum atomic E-state index is -0.929. The first-order chi connectivity index (χ1) is 5.92. The molecule has 0 radical (unpaired) electrons. The Hall–Kier alpha value is -0.570. The van der Waals surface area contributed by atoms with E-state index in [0.717, 1.165) is 12.8 Å². The number of methoxy groups -OCH3 is 1. The molecule has 0 heterocycles. The first-order valence-electron chi connectivity index (χ1n) is 4.70. The SMILES string of the molecule is COC1(C(=O)O)CCCC(C)(C)C1. The van der Waals surface area contributed by atoms with Gasteiger partial charge >= 0.3 is 5.97 Å². The van der Waals surface area contributed by atoms with Crippen LogP contribution in [0.15, 0.2) is 0 Å². The van der Waals surface area contributed by atoms with Crippen LogP contribution < -0.4 is 0 Å². The molecule has 0 aromatic carbocycles. The van der Waals surface area contributed by atoms with E-state index in [1.165, 1.54) is 7.11 Å². The van der Waals surface area contributed by atoms with Crippen LogP contribution in [0, 0.1) is 5.41 Å². The number of ether oxygens (including phenoxy) is 1. The van der Waals surface area contributed by atoms with Gasteiger partial charge in [0.2, 0.25) is 0 Å². The van der Waals surface area contributed by atoms with Crippen LogP contribution in [-0.4, -0.2) is 23.8 Å². The molecule has 1 atom stereocenters. The van der Waals surface area contributed by atoms with Gasteiger partial charge in [-0.15, -0.1) is 0 Å². The van der Waals surface area contributed by atoms with Gasteiger partial charge in [-0.3, -0.25) is 0 Å². The van der Waals surface area contributed by atoms with Gasteiger partial charge in [-0.05, 0) is 31.1 Å². The van der Waals surface area contributed by atoms with E-state index in [-0.39, 0.29) is 5.41 Å². The summed E-state index contributed by atoms with van der Waals surface area (Å²) in [6, 6.07) is 0. The van der Waals surface area contributed by atoms with Crippen LogP contribution in [0.2, 0.25) is 0 Å². The molecule has 0 aromatic rings. The second-order valence-corrected chi connectivity index (χ2v) is 4.70. The Morgan fingerprint density at radius 3 is 2.31 bits per heavy atom. The first kappa shape index (κ1) is 10.5. The highest BCUT2D eigenvalue weighted by Gasteiger charge is 2.45. The number of hydrogen-bond donors (Lipinski definition) is 1. The molecule has 1 N–H and O–H groups in total. The second kappa shape index (κ2) is 3.29. The van der Waals surface area contributed by atoms with Crippen molar-refractivity contribution >= 4 is 5.97 Å². The Balaban J connectivity index is 2.82. The number of hydrogen-bond acceptors (Lipinski definition) is 2. The Kier molecular flexibility index (Phi) is 2.66. The normalized spacial score (nSPS) is 32.8. The highest BCUT2D eigenvalue weighted by molar-refractivity contribution is 5.77. The van der Waals surface area contributed by atoms with Crippen molar-refractivity contribution in [1.82, 2.24) is 0 Å². The lowest BCUT2D eigenvalue weighted by Crippen LogP contribution is -2.47. The topological polar surface area (TPSA) is 46.5 Å². The lowest BCUT2D eigenvalue weighted by Gasteiger charge is -2.41. The van der Waals surface area contributed by atoms with Crippen molar-refractivity contribution < 1.29 is 14.6 Å². The van der Waals surface area contributed by atoms with Crippen LogP contribution in [0.1, 0.15) is 39.5 Å². The van der Waals surface area contributed by atoms with Crippen LogP contribution in [0.25, 0.3) is 0 Å². The van der Waals surface area contributed by atoms with Crippen molar-refractivity contribution in [1.29, 1.82) is 0 Å². The van der Waals surface area contributed by atoms with Gasteiger partial charge < -0.3 is 9.84 Å². The molecule has 0 aliphatic heterocycles. The first-order valence-corrected chi connectivity index (χ1v) is 4.70. The zero-order chi connectivity index (χ0) is 10.1. The van der Waals surface area contributed by atoms with E-state index in [0.29, 0.717) is 12.8 Å². The molecular formula is C10H18O3. The van der Waals surface area contributed by atoms with E-state index in [2.05, 4.69) is 13.8 Å². The summed E-state index contributed by atoms with van der Waals surface area (Å²) >= 11 is 0. The maximum Gasteiger partial charge on any atom is 0.335 e. The Bertz CT molecular complexity index is 210. The van der Waals surface area contributed by atoms with Crippen molar-refractivity contribution in [2.45, 2.75) is 45.1 Å². The summed E-state index contributed by atoms with van der Waals surface area (Å²) < 4.78 is 5.18. The zero-order valence-electron chi connectivity index (χ0n) is 8.59. The van der Waals surface area contributed by atoms with Crippen molar-refractivity contribution in [2.75, 3.05) is 7.11 Å². The lowest BCUT2D eigenvalue weighted by atomic mass is 9.70. The highest BCUT2D eigenvalue weighted by atomic mass is 16.5. The van der Waals surface area contributed by atoms with Gasteiger partial charge in [0, 0.05) is 7.11 Å². The maximum atomic E-state index is 11.1. The molecule has 3 heteroatoms. The van der Waals surface area contributed by atoms with Crippen molar-refractivity contribution in [3.05, 3.63) is 0 Å². The standard InChI is InChI=1S/C10H18O3/c1-9(2)5-4-6-10(7-9,13-3)8(11)12/h4-7H2,1-3H3,(H,11,12). The molecule has 1 rings (SSSR count). The molecule has 13 heavy (non-hydrogen) atoms. The third-order valence-electron chi connectivity index (χ3n) is 2.98. The second-order valence-electron chi connectivity index (χ2n) is 4.70. The van der Waals surface area contributed by atoms with Gasteiger partial charge in [0.25, 0.3) is 0 Å². The minimum Gasteiger partial charge on any atom is -0.479 e. The van der Waals surface area contributed by atoms with Gasteiger partial charge in [0.15, 0.2) is 5.60 Å². The van der Waals surface area contributed by atoms with Gasteiger partial charge in [0.1, 0.15) is 0 Å². The molecule has 76 valence electrons. The third-order valence-corrected chi connectivity index (χ3v) is 2.98. The number of carboxylic acid groups (broad SMARTS) is 1. The van der Waals surface area contributed by atoms with Gasteiger partial charge in [0.05, 0.1) is 0 Å². The minimum absolute atomic E-state index is 0.0899. The number of aliphatic carboxylic acids is 1. The fraction of sp³-hybridized carbons (Fsp3) is 0.900. The van der Waals surface area contributed by atoms with Crippen molar-refractivity contribution in [2.24, 2.45) is 5.41 Å². The average Bonchev–Trinajstić information content (AvgIpc) is 2.02. The quantitative estimate of drug-likeness (QED) is 0.718. The van der Waals surface area contributed by atoms with Gasteiger partial charge in [-0.2, -0.15) is 0 Å². The Morgan fingerprint density at radius 2 is 2.00 bits per heavy atom. The maximum absolute atomic E-state index is 11.1. The summed E-state index contributed by atoms with van der Waals surface area (Å²) in [6.07, 6.45) is 3.28. The summed E-state index contributed by atoms with van der Waals surface area (Å²) in [5.74, 6) is -0.817. The predicted molar refractivity (Wildman–Crippen MR) is 49.6 cm³/mol. The van der Waals surface area contributed by atoms with Gasteiger partial charge in [-0.1, -0.05) is 13.8 Å². The summed E-state index contributed by atoms with van der Waals surface area (Å²) in [7, 11) is 1.50. The van der Waals surface area contributed by atoms with Crippen molar-refractivity contribution in [3.8, 4) is 0 Å². The highest BCUT2D eigenvalue weighted by Crippen LogP contribution is 2.42. The molecule has 1 unspecified atom stereocenters. The summed E-state index contributed by atoms with van der Waals surface area (Å²) in [5.41, 5.74) is -0.839. The molecule has 1 saturated carbocycles. The molecule has 3 nitrogen and oxygen atoms in total. The molecule has 0 saturated heterocycles. The molecule has 0 spiro atoms. The fourth-order valence-electron chi connectivity index (χ4n) is 2.25. The number of carboxylic acids is 1. The van der Waals surface area contributed by atoms with E-state index >= 15 is 0 Å². The molecule has 1 aliphatic carbocycles. The molecule has 0 bridgehead atoms. The van der Waals surface area contributed by atoms with Crippen LogP contribution in [0.3, 0.4) is 0 Å². The van der Waals surface area contributed by atoms with Crippen LogP contribution >= 0.6 is 0 Å². The molecular weight excluding hydrogens is 168 g/mol. The van der Waals surface area contributed by atoms with E-state index in [4.69, 9.17) is 9.84 Å². The monoisotopic (exact) mass is 186 g/mol. The van der Waals surface area contributed by atoms with Crippen LogP contribution in [0.4, 0.5) is 0 Å². The Labute approximate surface area is 79.1 Å². The lowest BCUT2D eigenvalue weighted by molar-refractivity contribution is -0.171.